The Morgan fingerprint density at radius 3 is 2.47 bits per heavy atom. The number of hydrogen-bond donors (Lipinski definition) is 1. The Kier molecular flexibility index (Phi) is 4.32. The third-order valence-electron chi connectivity index (χ3n) is 2.91. The van der Waals surface area contributed by atoms with Gasteiger partial charge in [0.1, 0.15) is 4.60 Å². The fraction of sp³-hybridized carbons (Fsp3) is 0.200. The summed E-state index contributed by atoms with van der Waals surface area (Å²) in [6, 6.07) is 11.6. The van der Waals surface area contributed by atoms with E-state index in [2.05, 4.69) is 26.2 Å². The van der Waals surface area contributed by atoms with E-state index in [0.29, 0.717) is 5.56 Å². The van der Waals surface area contributed by atoms with Gasteiger partial charge in [0.15, 0.2) is 0 Å². The summed E-state index contributed by atoms with van der Waals surface area (Å²) in [5.74, 6) is -0.118. The van der Waals surface area contributed by atoms with Crippen LogP contribution in [0.3, 0.4) is 0 Å². The lowest BCUT2D eigenvalue weighted by Gasteiger charge is -2.14. The molecule has 0 saturated carbocycles. The highest BCUT2D eigenvalue weighted by Gasteiger charge is 2.11. The van der Waals surface area contributed by atoms with E-state index in [4.69, 9.17) is 0 Å². The van der Waals surface area contributed by atoms with Gasteiger partial charge in [0.2, 0.25) is 0 Å². The zero-order valence-electron chi connectivity index (χ0n) is 10.9. The molecule has 19 heavy (non-hydrogen) atoms. The van der Waals surface area contributed by atoms with Crippen LogP contribution in [-0.4, -0.2) is 10.9 Å². The van der Waals surface area contributed by atoms with Gasteiger partial charge in [0.25, 0.3) is 5.91 Å². The Labute approximate surface area is 121 Å². The van der Waals surface area contributed by atoms with Gasteiger partial charge in [-0.3, -0.25) is 4.79 Å². The van der Waals surface area contributed by atoms with Gasteiger partial charge in [-0.2, -0.15) is 0 Å². The lowest BCUT2D eigenvalue weighted by atomic mass is 10.1. The number of benzene rings is 1. The molecule has 1 N–H and O–H groups in total. The summed E-state index contributed by atoms with van der Waals surface area (Å²) in [5.41, 5.74) is 2.85. The van der Waals surface area contributed by atoms with Crippen LogP contribution in [0, 0.1) is 6.92 Å². The molecule has 1 amide bonds. The monoisotopic (exact) mass is 318 g/mol. The van der Waals surface area contributed by atoms with Crippen LogP contribution in [0.15, 0.2) is 47.2 Å². The summed E-state index contributed by atoms with van der Waals surface area (Å²) < 4.78 is 0.718. The number of halogens is 1. The van der Waals surface area contributed by atoms with Gasteiger partial charge >= 0.3 is 0 Å². The average molecular weight is 319 g/mol. The third-order valence-corrected chi connectivity index (χ3v) is 3.38. The van der Waals surface area contributed by atoms with E-state index in [1.807, 2.05) is 38.1 Å². The maximum atomic E-state index is 12.0. The normalized spacial score (nSPS) is 11.9. The summed E-state index contributed by atoms with van der Waals surface area (Å²) in [4.78, 5) is 16.1. The minimum absolute atomic E-state index is 0.0308. The highest BCUT2D eigenvalue weighted by atomic mass is 79.9. The lowest BCUT2D eigenvalue weighted by molar-refractivity contribution is 0.0939. The molecule has 1 aromatic carbocycles. The van der Waals surface area contributed by atoms with Crippen LogP contribution in [0.5, 0.6) is 0 Å². The maximum Gasteiger partial charge on any atom is 0.253 e. The number of aryl methyl sites for hydroxylation is 1. The highest BCUT2D eigenvalue weighted by Crippen LogP contribution is 2.14. The number of nitrogens with one attached hydrogen (secondary N) is 1. The smallest absolute Gasteiger partial charge is 0.253 e. The second-order valence-corrected chi connectivity index (χ2v) is 5.29. The summed E-state index contributed by atoms with van der Waals surface area (Å²) >= 11 is 3.25. The molecule has 2 rings (SSSR count). The van der Waals surface area contributed by atoms with Gasteiger partial charge < -0.3 is 5.32 Å². The van der Waals surface area contributed by atoms with Crippen molar-refractivity contribution in [3.05, 3.63) is 63.9 Å². The third kappa shape index (κ3) is 3.64. The topological polar surface area (TPSA) is 42.0 Å². The number of carbonyl (C=O) groups is 1. The van der Waals surface area contributed by atoms with E-state index in [-0.39, 0.29) is 11.9 Å². The van der Waals surface area contributed by atoms with Crippen LogP contribution in [0.1, 0.15) is 34.5 Å². The van der Waals surface area contributed by atoms with Gasteiger partial charge in [0.05, 0.1) is 11.6 Å². The summed E-state index contributed by atoms with van der Waals surface area (Å²) in [5, 5.41) is 2.96. The quantitative estimate of drug-likeness (QED) is 0.878. The first-order valence-corrected chi connectivity index (χ1v) is 6.84. The van der Waals surface area contributed by atoms with Crippen molar-refractivity contribution in [1.29, 1.82) is 0 Å². The molecule has 4 heteroatoms. The predicted molar refractivity (Wildman–Crippen MR) is 79.0 cm³/mol. The predicted octanol–water partition coefficient (Wildman–Crippen LogP) is 3.64. The Morgan fingerprint density at radius 2 is 1.89 bits per heavy atom. The summed E-state index contributed by atoms with van der Waals surface area (Å²) in [6.07, 6.45) is 1.56. The average Bonchev–Trinajstić information content (AvgIpc) is 2.40. The zero-order valence-corrected chi connectivity index (χ0v) is 12.4. The second-order valence-electron chi connectivity index (χ2n) is 4.48. The van der Waals surface area contributed by atoms with Crippen LogP contribution in [-0.2, 0) is 0 Å². The van der Waals surface area contributed by atoms with E-state index in [9.17, 15) is 4.79 Å². The van der Waals surface area contributed by atoms with Crippen LogP contribution < -0.4 is 5.32 Å². The van der Waals surface area contributed by atoms with Crippen LogP contribution >= 0.6 is 15.9 Å². The van der Waals surface area contributed by atoms with E-state index in [0.717, 1.165) is 10.2 Å². The van der Waals surface area contributed by atoms with Crippen molar-refractivity contribution >= 4 is 21.8 Å². The van der Waals surface area contributed by atoms with Crippen molar-refractivity contribution in [1.82, 2.24) is 10.3 Å². The number of amides is 1. The van der Waals surface area contributed by atoms with Gasteiger partial charge in [-0.05, 0) is 47.5 Å². The molecule has 1 unspecified atom stereocenters. The van der Waals surface area contributed by atoms with Crippen LogP contribution in [0.2, 0.25) is 0 Å². The van der Waals surface area contributed by atoms with Crippen molar-refractivity contribution in [2.24, 2.45) is 0 Å². The first kappa shape index (κ1) is 13.7. The Balaban J connectivity index is 2.06. The molecule has 0 spiro atoms. The van der Waals surface area contributed by atoms with Crippen molar-refractivity contribution in [2.75, 3.05) is 0 Å². The van der Waals surface area contributed by atoms with Crippen molar-refractivity contribution < 1.29 is 4.79 Å². The molecule has 0 aliphatic carbocycles. The molecule has 0 bridgehead atoms. The highest BCUT2D eigenvalue weighted by molar-refractivity contribution is 9.10. The number of rotatable bonds is 3. The van der Waals surface area contributed by atoms with Gasteiger partial charge in [-0.15, -0.1) is 0 Å². The van der Waals surface area contributed by atoms with E-state index < -0.39 is 0 Å². The van der Waals surface area contributed by atoms with E-state index >= 15 is 0 Å². The fourth-order valence-electron chi connectivity index (χ4n) is 1.73. The standard InChI is InChI=1S/C15H15BrN2O/c1-10-3-5-12(6-4-10)11(2)18-15(19)13-7-8-14(16)17-9-13/h3-9,11H,1-2H3,(H,18,19). The van der Waals surface area contributed by atoms with Gasteiger partial charge in [-0.1, -0.05) is 29.8 Å². The largest absolute Gasteiger partial charge is 0.345 e. The van der Waals surface area contributed by atoms with Crippen molar-refractivity contribution in [3.63, 3.8) is 0 Å². The summed E-state index contributed by atoms with van der Waals surface area (Å²) in [7, 11) is 0. The second kappa shape index (κ2) is 5.97. The molecule has 98 valence electrons. The molecular formula is C15H15BrN2O. The molecule has 2 aromatic rings. The molecule has 0 radical (unpaired) electrons. The van der Waals surface area contributed by atoms with Gasteiger partial charge in [0, 0.05) is 6.20 Å². The molecule has 0 fully saturated rings. The maximum absolute atomic E-state index is 12.0. The lowest BCUT2D eigenvalue weighted by Crippen LogP contribution is -2.26. The van der Waals surface area contributed by atoms with Crippen molar-refractivity contribution in [2.45, 2.75) is 19.9 Å². The Bertz CT molecular complexity index is 564. The number of hydrogen-bond acceptors (Lipinski definition) is 2. The molecule has 0 aliphatic heterocycles. The SMILES string of the molecule is Cc1ccc(C(C)NC(=O)c2ccc(Br)nc2)cc1. The van der Waals surface area contributed by atoms with Gasteiger partial charge in [-0.25, -0.2) is 4.98 Å². The Morgan fingerprint density at radius 1 is 1.21 bits per heavy atom. The molecule has 3 nitrogen and oxygen atoms in total. The number of pyridine rings is 1. The van der Waals surface area contributed by atoms with Crippen LogP contribution in [0.4, 0.5) is 0 Å². The molecule has 0 aliphatic rings. The number of carbonyl (C=O) groups excluding carboxylic acids is 1. The number of nitrogens with zero attached hydrogens (tertiary/aromatic N) is 1. The first-order chi connectivity index (χ1) is 9.06. The molecule has 1 aromatic heterocycles. The minimum Gasteiger partial charge on any atom is -0.345 e. The zero-order chi connectivity index (χ0) is 13.8. The van der Waals surface area contributed by atoms with Crippen molar-refractivity contribution in [3.8, 4) is 0 Å². The van der Waals surface area contributed by atoms with Crippen LogP contribution in [0.25, 0.3) is 0 Å². The molecule has 0 saturated heterocycles. The van der Waals surface area contributed by atoms with E-state index in [1.54, 1.807) is 18.3 Å². The molecule has 1 heterocycles. The minimum atomic E-state index is -0.118. The first-order valence-electron chi connectivity index (χ1n) is 6.05. The molecule has 1 atom stereocenters. The van der Waals surface area contributed by atoms with E-state index in [1.165, 1.54) is 5.56 Å². The summed E-state index contributed by atoms with van der Waals surface area (Å²) in [6.45, 7) is 4.01. The Hall–Kier alpha value is -1.68. The number of aromatic nitrogens is 1. The molecular weight excluding hydrogens is 304 g/mol. The fourth-order valence-corrected chi connectivity index (χ4v) is 1.96.